The van der Waals surface area contributed by atoms with Crippen LogP contribution in [-0.2, 0) is 6.42 Å². The Morgan fingerprint density at radius 2 is 2.17 bits per heavy atom. The number of hydrogen-bond acceptors (Lipinski definition) is 1. The molecule has 0 atom stereocenters. The molecule has 1 aromatic rings. The van der Waals surface area contributed by atoms with Crippen molar-refractivity contribution in [1.29, 1.82) is 0 Å². The normalized spacial score (nSPS) is 10.3. The maximum atomic E-state index is 13.3. The Morgan fingerprint density at radius 1 is 1.50 bits per heavy atom. The number of benzene rings is 1. The first-order valence-electron chi connectivity index (χ1n) is 3.71. The van der Waals surface area contributed by atoms with Gasteiger partial charge >= 0.3 is 0 Å². The monoisotopic (exact) mass is 204 g/mol. The Hall–Kier alpha value is -0.210. The third-order valence-corrected chi connectivity index (χ3v) is 2.84. The second-order valence-electron chi connectivity index (χ2n) is 2.40. The molecular weight excluding hydrogens is 195 g/mol. The Bertz CT molecular complexity index is 286. The summed E-state index contributed by atoms with van der Waals surface area (Å²) in [5.74, 6) is -0.272. The van der Waals surface area contributed by atoms with E-state index in [0.29, 0.717) is 6.42 Å². The average Bonchev–Trinajstić information content (AvgIpc) is 2.09. The lowest BCUT2D eigenvalue weighted by Crippen LogP contribution is -1.91. The summed E-state index contributed by atoms with van der Waals surface area (Å²) in [6, 6.07) is 3.46. The van der Waals surface area contributed by atoms with E-state index in [1.807, 2.05) is 19.2 Å². The fraction of sp³-hybridized carbons (Fsp3) is 0.333. The highest BCUT2D eigenvalue weighted by Gasteiger charge is 2.09. The molecule has 0 unspecified atom stereocenters. The van der Waals surface area contributed by atoms with E-state index in [1.165, 1.54) is 0 Å². The summed E-state index contributed by atoms with van der Waals surface area (Å²) >= 11 is 7.18. The van der Waals surface area contributed by atoms with Gasteiger partial charge in [0.2, 0.25) is 0 Å². The summed E-state index contributed by atoms with van der Waals surface area (Å²) in [4.78, 5) is 0.972. The van der Waals surface area contributed by atoms with Gasteiger partial charge in [-0.05, 0) is 24.8 Å². The maximum Gasteiger partial charge on any atom is 0.146 e. The molecule has 66 valence electrons. The van der Waals surface area contributed by atoms with E-state index in [-0.39, 0.29) is 10.8 Å². The van der Waals surface area contributed by atoms with E-state index < -0.39 is 0 Å². The first kappa shape index (κ1) is 9.87. The lowest BCUT2D eigenvalue weighted by atomic mass is 10.1. The molecule has 0 saturated carbocycles. The molecule has 0 saturated heterocycles. The maximum absolute atomic E-state index is 13.3. The minimum absolute atomic E-state index is 0.213. The van der Waals surface area contributed by atoms with Crippen LogP contribution in [0, 0.1) is 5.82 Å². The zero-order valence-electron chi connectivity index (χ0n) is 7.03. The Labute approximate surface area is 81.1 Å². The molecule has 3 heteroatoms. The van der Waals surface area contributed by atoms with Crippen molar-refractivity contribution in [1.82, 2.24) is 0 Å². The van der Waals surface area contributed by atoms with E-state index in [2.05, 4.69) is 0 Å². The summed E-state index contributed by atoms with van der Waals surface area (Å²) in [5.41, 5.74) is 0.718. The standard InChI is InChI=1S/C9H10ClFS/c1-3-6-8(12-2)5-4-7(10)9(6)11/h4-5H,3H2,1-2H3. The van der Waals surface area contributed by atoms with Gasteiger partial charge in [0.25, 0.3) is 0 Å². The van der Waals surface area contributed by atoms with Crippen molar-refractivity contribution >= 4 is 23.4 Å². The highest BCUT2D eigenvalue weighted by atomic mass is 35.5. The predicted octanol–water partition coefficient (Wildman–Crippen LogP) is 3.76. The van der Waals surface area contributed by atoms with Gasteiger partial charge in [0, 0.05) is 10.5 Å². The summed E-state index contributed by atoms with van der Waals surface area (Å²) < 4.78 is 13.3. The van der Waals surface area contributed by atoms with E-state index in [4.69, 9.17) is 11.6 Å². The number of halogens is 2. The summed E-state index contributed by atoms with van der Waals surface area (Å²) in [5, 5.41) is 0.213. The van der Waals surface area contributed by atoms with Crippen LogP contribution in [0.15, 0.2) is 17.0 Å². The molecule has 1 aromatic carbocycles. The van der Waals surface area contributed by atoms with Crippen LogP contribution in [-0.4, -0.2) is 6.26 Å². The van der Waals surface area contributed by atoms with E-state index >= 15 is 0 Å². The van der Waals surface area contributed by atoms with Crippen LogP contribution in [0.5, 0.6) is 0 Å². The Balaban J connectivity index is 3.25. The topological polar surface area (TPSA) is 0 Å². The molecule has 0 N–H and O–H groups in total. The van der Waals surface area contributed by atoms with E-state index in [0.717, 1.165) is 10.5 Å². The highest BCUT2D eigenvalue weighted by molar-refractivity contribution is 7.98. The lowest BCUT2D eigenvalue weighted by Gasteiger charge is -2.06. The first-order valence-corrected chi connectivity index (χ1v) is 5.31. The third kappa shape index (κ3) is 1.75. The Morgan fingerprint density at radius 3 is 2.67 bits per heavy atom. The molecule has 0 bridgehead atoms. The van der Waals surface area contributed by atoms with Crippen LogP contribution >= 0.6 is 23.4 Å². The number of hydrogen-bond donors (Lipinski definition) is 0. The molecule has 0 spiro atoms. The number of rotatable bonds is 2. The molecule has 0 nitrogen and oxygen atoms in total. The minimum atomic E-state index is -0.272. The van der Waals surface area contributed by atoms with Crippen molar-refractivity contribution in [3.05, 3.63) is 28.5 Å². The molecule has 0 heterocycles. The van der Waals surface area contributed by atoms with Crippen molar-refractivity contribution in [3.8, 4) is 0 Å². The summed E-state index contributed by atoms with van der Waals surface area (Å²) in [6.45, 7) is 1.93. The van der Waals surface area contributed by atoms with E-state index in [1.54, 1.807) is 17.8 Å². The molecule has 0 aliphatic carbocycles. The van der Waals surface area contributed by atoms with Crippen molar-refractivity contribution in [2.45, 2.75) is 18.2 Å². The van der Waals surface area contributed by atoms with Gasteiger partial charge in [-0.25, -0.2) is 4.39 Å². The zero-order valence-corrected chi connectivity index (χ0v) is 8.60. The van der Waals surface area contributed by atoms with Crippen molar-refractivity contribution in [2.24, 2.45) is 0 Å². The smallest absolute Gasteiger partial charge is 0.146 e. The second-order valence-corrected chi connectivity index (χ2v) is 3.65. The third-order valence-electron chi connectivity index (χ3n) is 1.73. The molecule has 0 amide bonds. The van der Waals surface area contributed by atoms with Crippen molar-refractivity contribution < 1.29 is 4.39 Å². The predicted molar refractivity (Wildman–Crippen MR) is 52.6 cm³/mol. The van der Waals surface area contributed by atoms with Gasteiger partial charge in [0.1, 0.15) is 5.82 Å². The minimum Gasteiger partial charge on any atom is -0.205 e. The largest absolute Gasteiger partial charge is 0.205 e. The molecule has 0 radical (unpaired) electrons. The van der Waals surface area contributed by atoms with Crippen molar-refractivity contribution in [3.63, 3.8) is 0 Å². The van der Waals surface area contributed by atoms with Gasteiger partial charge in [0.05, 0.1) is 5.02 Å². The first-order chi connectivity index (χ1) is 5.70. The molecular formula is C9H10ClFS. The van der Waals surface area contributed by atoms with Gasteiger partial charge in [-0.1, -0.05) is 18.5 Å². The van der Waals surface area contributed by atoms with Gasteiger partial charge in [-0.15, -0.1) is 11.8 Å². The molecule has 0 aliphatic heterocycles. The molecule has 0 fully saturated rings. The SMILES string of the molecule is CCc1c(SC)ccc(Cl)c1F. The van der Waals surface area contributed by atoms with Crippen molar-refractivity contribution in [2.75, 3.05) is 6.26 Å². The van der Waals surface area contributed by atoms with Gasteiger partial charge in [0.15, 0.2) is 0 Å². The van der Waals surface area contributed by atoms with Gasteiger partial charge in [-0.3, -0.25) is 0 Å². The molecule has 0 aromatic heterocycles. The zero-order chi connectivity index (χ0) is 9.14. The fourth-order valence-corrected chi connectivity index (χ4v) is 1.96. The lowest BCUT2D eigenvalue weighted by molar-refractivity contribution is 0.607. The Kier molecular flexibility index (Phi) is 3.41. The van der Waals surface area contributed by atoms with Crippen LogP contribution in [0.25, 0.3) is 0 Å². The van der Waals surface area contributed by atoms with Crippen LogP contribution < -0.4 is 0 Å². The highest BCUT2D eigenvalue weighted by Crippen LogP contribution is 2.27. The van der Waals surface area contributed by atoms with Crippen LogP contribution in [0.1, 0.15) is 12.5 Å². The van der Waals surface area contributed by atoms with Crippen LogP contribution in [0.4, 0.5) is 4.39 Å². The summed E-state index contributed by atoms with van der Waals surface area (Å²) in [6.07, 6.45) is 2.62. The fourth-order valence-electron chi connectivity index (χ4n) is 1.10. The van der Waals surface area contributed by atoms with Gasteiger partial charge in [-0.2, -0.15) is 0 Å². The second kappa shape index (κ2) is 4.15. The quantitative estimate of drug-likeness (QED) is 0.661. The number of thioether (sulfide) groups is 1. The van der Waals surface area contributed by atoms with Crippen LogP contribution in [0.2, 0.25) is 5.02 Å². The van der Waals surface area contributed by atoms with E-state index in [9.17, 15) is 4.39 Å². The molecule has 0 aliphatic rings. The van der Waals surface area contributed by atoms with Crippen LogP contribution in [0.3, 0.4) is 0 Å². The molecule has 12 heavy (non-hydrogen) atoms. The average molecular weight is 205 g/mol. The van der Waals surface area contributed by atoms with Gasteiger partial charge < -0.3 is 0 Å². The molecule has 1 rings (SSSR count). The summed E-state index contributed by atoms with van der Waals surface area (Å²) in [7, 11) is 0.